The summed E-state index contributed by atoms with van der Waals surface area (Å²) in [6.07, 6.45) is 3.42. The molecule has 0 bridgehead atoms. The summed E-state index contributed by atoms with van der Waals surface area (Å²) in [6.45, 7) is 0. The van der Waals surface area contributed by atoms with Gasteiger partial charge in [0.15, 0.2) is 23.0 Å². The van der Waals surface area contributed by atoms with Gasteiger partial charge < -0.3 is 20.3 Å². The lowest BCUT2D eigenvalue weighted by atomic mass is 9.67. The fourth-order valence-electron chi connectivity index (χ4n) is 8.46. The normalized spacial score (nSPS) is 13.2. The van der Waals surface area contributed by atoms with Crippen LogP contribution in [0, 0.1) is 10.8 Å². The molecule has 0 saturated heterocycles. The minimum absolute atomic E-state index is 0.315. The van der Waals surface area contributed by atoms with Crippen molar-refractivity contribution in [2.24, 2.45) is 0 Å². The second kappa shape index (κ2) is 13.0. The van der Waals surface area contributed by atoms with Gasteiger partial charge in [-0.1, -0.05) is 158 Å². The Kier molecular flexibility index (Phi) is 7.63. The largest absolute Gasteiger partial charge is 0.450 e. The van der Waals surface area contributed by atoms with Crippen LogP contribution in [0.1, 0.15) is 33.4 Å². The van der Waals surface area contributed by atoms with Gasteiger partial charge in [0.05, 0.1) is 16.8 Å². The summed E-state index contributed by atoms with van der Waals surface area (Å²) in [6, 6.07) is 62.3. The second-order valence-corrected chi connectivity index (χ2v) is 14.0. The number of nitrogens with one attached hydrogen (secondary N) is 2. The van der Waals surface area contributed by atoms with Gasteiger partial charge in [-0.3, -0.25) is 0 Å². The van der Waals surface area contributed by atoms with Crippen molar-refractivity contribution in [2.75, 3.05) is 0 Å². The van der Waals surface area contributed by atoms with Gasteiger partial charge in [0.2, 0.25) is 0 Å². The van der Waals surface area contributed by atoms with E-state index in [4.69, 9.17) is 20.3 Å². The third-order valence-electron chi connectivity index (χ3n) is 10.9. The van der Waals surface area contributed by atoms with E-state index >= 15 is 0 Å². The van der Waals surface area contributed by atoms with Crippen LogP contribution >= 0.6 is 0 Å². The minimum atomic E-state index is -0.535. The van der Waals surface area contributed by atoms with E-state index < -0.39 is 5.41 Å². The molecule has 0 radical (unpaired) electrons. The number of benzene rings is 8. The molecule has 1 aliphatic heterocycles. The van der Waals surface area contributed by atoms with E-state index in [2.05, 4.69) is 97.1 Å². The standard InChI is InChI=1S/C51H34N2O2/c52-45(27-28-46(53)41-24-13-15-33-14-7-8-20-37(33)41)40-23-10-9-21-38(40)34-26-29-47-48(30-34)55-49-31-42-39-22-11-12-25-43(39)51(35-16-3-1-4-17-35,36-18-5-2-6-19-36)44(42)32-50(49)54-47/h1-32,52-53H/b28-27-,52-45?,53-46?. The van der Waals surface area contributed by atoms with Gasteiger partial charge in [-0.25, -0.2) is 0 Å². The maximum absolute atomic E-state index is 9.07. The quantitative estimate of drug-likeness (QED) is 0.162. The molecule has 1 aliphatic carbocycles. The van der Waals surface area contributed by atoms with E-state index in [1.807, 2.05) is 84.9 Å². The number of ether oxygens (including phenoxy) is 2. The summed E-state index contributed by atoms with van der Waals surface area (Å²) < 4.78 is 13.4. The molecule has 2 aliphatic rings. The first-order valence-corrected chi connectivity index (χ1v) is 18.4. The van der Waals surface area contributed by atoms with Crippen LogP contribution in [-0.4, -0.2) is 11.4 Å². The first-order valence-electron chi connectivity index (χ1n) is 18.4. The van der Waals surface area contributed by atoms with Gasteiger partial charge in [-0.05, 0) is 91.7 Å². The molecule has 4 nitrogen and oxygen atoms in total. The molecular formula is C51H34N2O2. The lowest BCUT2D eigenvalue weighted by Gasteiger charge is -2.34. The Morgan fingerprint density at radius 3 is 1.76 bits per heavy atom. The third kappa shape index (κ3) is 5.22. The Hall–Kier alpha value is -7.30. The van der Waals surface area contributed by atoms with Crippen molar-refractivity contribution < 1.29 is 9.47 Å². The Morgan fingerprint density at radius 2 is 0.982 bits per heavy atom. The van der Waals surface area contributed by atoms with Crippen LogP contribution in [0.25, 0.3) is 33.0 Å². The van der Waals surface area contributed by atoms with Crippen molar-refractivity contribution in [3.63, 3.8) is 0 Å². The van der Waals surface area contributed by atoms with E-state index in [1.54, 1.807) is 12.2 Å². The zero-order chi connectivity index (χ0) is 36.9. The predicted molar refractivity (Wildman–Crippen MR) is 223 cm³/mol. The summed E-state index contributed by atoms with van der Waals surface area (Å²) in [7, 11) is 0. The van der Waals surface area contributed by atoms with Gasteiger partial charge in [0.25, 0.3) is 0 Å². The molecule has 0 spiro atoms. The Balaban J connectivity index is 1.00. The average Bonchev–Trinajstić information content (AvgIpc) is 3.53. The predicted octanol–water partition coefficient (Wildman–Crippen LogP) is 12.8. The molecule has 0 amide bonds. The number of hydrogen-bond acceptors (Lipinski definition) is 4. The molecule has 55 heavy (non-hydrogen) atoms. The molecule has 0 atom stereocenters. The third-order valence-corrected chi connectivity index (χ3v) is 10.9. The van der Waals surface area contributed by atoms with Gasteiger partial charge >= 0.3 is 0 Å². The molecule has 8 aromatic rings. The highest BCUT2D eigenvalue weighted by atomic mass is 16.6. The lowest BCUT2D eigenvalue weighted by Crippen LogP contribution is -2.28. The Bertz CT molecular complexity index is 2810. The van der Waals surface area contributed by atoms with Gasteiger partial charge in [-0.15, -0.1) is 0 Å². The van der Waals surface area contributed by atoms with E-state index in [0.29, 0.717) is 34.4 Å². The fourth-order valence-corrected chi connectivity index (χ4v) is 8.46. The van der Waals surface area contributed by atoms with E-state index in [0.717, 1.165) is 44.2 Å². The van der Waals surface area contributed by atoms with Gasteiger partial charge in [-0.2, -0.15) is 0 Å². The first-order chi connectivity index (χ1) is 27.1. The van der Waals surface area contributed by atoms with Crippen molar-refractivity contribution in [3.8, 4) is 45.3 Å². The summed E-state index contributed by atoms with van der Waals surface area (Å²) in [5.74, 6) is 2.57. The van der Waals surface area contributed by atoms with Gasteiger partial charge in [0.1, 0.15) is 0 Å². The first kappa shape index (κ1) is 32.4. The Labute approximate surface area is 319 Å². The van der Waals surface area contributed by atoms with Gasteiger partial charge in [0, 0.05) is 11.1 Å². The highest BCUT2D eigenvalue weighted by Crippen LogP contribution is 2.59. The molecule has 0 unspecified atom stereocenters. The summed E-state index contributed by atoms with van der Waals surface area (Å²) in [5, 5.41) is 20.0. The van der Waals surface area contributed by atoms with Crippen LogP contribution in [0.2, 0.25) is 0 Å². The smallest absolute Gasteiger partial charge is 0.170 e. The van der Waals surface area contributed by atoms with Crippen molar-refractivity contribution in [3.05, 3.63) is 228 Å². The van der Waals surface area contributed by atoms with Crippen LogP contribution < -0.4 is 9.47 Å². The van der Waals surface area contributed by atoms with E-state index in [1.165, 1.54) is 22.3 Å². The summed E-state index contributed by atoms with van der Waals surface area (Å²) >= 11 is 0. The molecular weight excluding hydrogens is 673 g/mol. The van der Waals surface area contributed by atoms with Crippen molar-refractivity contribution in [2.45, 2.75) is 5.41 Å². The molecule has 1 heterocycles. The molecule has 0 aromatic heterocycles. The van der Waals surface area contributed by atoms with Crippen LogP contribution in [0.4, 0.5) is 0 Å². The SMILES string of the molecule is N=C(/C=C\C(=N)c1cccc2ccccc12)c1ccccc1-c1ccc2c(c1)Oc1cc3c(cc1O2)C(c1ccccc1)(c1ccccc1)c1ccccc1-3. The average molecular weight is 707 g/mol. The van der Waals surface area contributed by atoms with Crippen molar-refractivity contribution in [1.82, 2.24) is 0 Å². The molecule has 10 rings (SSSR count). The molecule has 4 heteroatoms. The van der Waals surface area contributed by atoms with Crippen LogP contribution in [0.3, 0.4) is 0 Å². The van der Waals surface area contributed by atoms with Crippen LogP contribution in [0.5, 0.6) is 23.0 Å². The topological polar surface area (TPSA) is 66.2 Å². The second-order valence-electron chi connectivity index (χ2n) is 14.0. The molecule has 2 N–H and O–H groups in total. The number of rotatable bonds is 7. The zero-order valence-electron chi connectivity index (χ0n) is 29.8. The van der Waals surface area contributed by atoms with Crippen molar-refractivity contribution >= 4 is 22.2 Å². The fraction of sp³-hybridized carbons (Fsp3) is 0.0196. The summed E-state index contributed by atoms with van der Waals surface area (Å²) in [5.41, 5.74) is 10.6. The number of hydrogen-bond donors (Lipinski definition) is 2. The van der Waals surface area contributed by atoms with Crippen molar-refractivity contribution in [1.29, 1.82) is 10.8 Å². The lowest BCUT2D eigenvalue weighted by molar-refractivity contribution is 0.359. The Morgan fingerprint density at radius 1 is 0.418 bits per heavy atom. The zero-order valence-corrected chi connectivity index (χ0v) is 29.8. The van der Waals surface area contributed by atoms with Crippen LogP contribution in [0.15, 0.2) is 194 Å². The summed E-state index contributed by atoms with van der Waals surface area (Å²) in [4.78, 5) is 0. The highest BCUT2D eigenvalue weighted by Gasteiger charge is 2.47. The molecule has 0 saturated carbocycles. The molecule has 8 aromatic carbocycles. The highest BCUT2D eigenvalue weighted by molar-refractivity contribution is 6.19. The number of allylic oxidation sites excluding steroid dienone is 2. The van der Waals surface area contributed by atoms with E-state index in [9.17, 15) is 0 Å². The minimum Gasteiger partial charge on any atom is -0.450 e. The molecule has 260 valence electrons. The monoisotopic (exact) mass is 706 g/mol. The maximum atomic E-state index is 9.07. The maximum Gasteiger partial charge on any atom is 0.170 e. The number of fused-ring (bicyclic) bond motifs is 6. The van der Waals surface area contributed by atoms with E-state index in [-0.39, 0.29) is 0 Å². The van der Waals surface area contributed by atoms with Crippen LogP contribution in [-0.2, 0) is 5.41 Å². The molecule has 0 fully saturated rings.